The molecule has 110 valence electrons. The Morgan fingerprint density at radius 2 is 1.76 bits per heavy atom. The van der Waals surface area contributed by atoms with Gasteiger partial charge in [0.1, 0.15) is 11.5 Å². The molecule has 0 aliphatic heterocycles. The van der Waals surface area contributed by atoms with Gasteiger partial charge in [0.2, 0.25) is 0 Å². The number of oxime groups is 1. The zero-order chi connectivity index (χ0) is 15.6. The molecule has 2 rings (SSSR count). The van der Waals surface area contributed by atoms with E-state index in [2.05, 4.69) is 5.16 Å². The zero-order valence-electron chi connectivity index (χ0n) is 10.9. The number of benzene rings is 2. The Kier molecular flexibility index (Phi) is 4.83. The number of ether oxygens (including phenoxy) is 1. The van der Waals surface area contributed by atoms with Gasteiger partial charge in [-0.1, -0.05) is 40.0 Å². The van der Waals surface area contributed by atoms with Crippen molar-refractivity contribution in [2.45, 2.75) is 6.92 Å². The molecule has 0 aromatic heterocycles. The minimum Gasteiger partial charge on any atom is -0.456 e. The fourth-order valence-corrected chi connectivity index (χ4v) is 2.33. The van der Waals surface area contributed by atoms with E-state index in [1.54, 1.807) is 24.3 Å². The molecule has 0 unspecified atom stereocenters. The SMILES string of the molecule is Cc1cc(Oc2cc(Cl)c(Cl)cc2Cl)ccc1/C(N)=N/O. The smallest absolute Gasteiger partial charge is 0.170 e. The van der Waals surface area contributed by atoms with Crippen molar-refractivity contribution in [1.29, 1.82) is 0 Å². The van der Waals surface area contributed by atoms with Gasteiger partial charge in [-0.25, -0.2) is 0 Å². The van der Waals surface area contributed by atoms with Gasteiger partial charge in [-0.15, -0.1) is 0 Å². The van der Waals surface area contributed by atoms with Gasteiger partial charge in [-0.05, 0) is 36.8 Å². The summed E-state index contributed by atoms with van der Waals surface area (Å²) in [6.45, 7) is 1.82. The van der Waals surface area contributed by atoms with Crippen LogP contribution in [-0.4, -0.2) is 11.0 Å². The van der Waals surface area contributed by atoms with E-state index in [1.165, 1.54) is 6.07 Å². The first-order valence-corrected chi connectivity index (χ1v) is 6.96. The standard InChI is InChI=1S/C14H11Cl3N2O2/c1-7-4-8(2-3-9(7)14(18)19-20)21-13-6-11(16)10(15)5-12(13)17/h2-6,20H,1H3,(H2,18,19). The lowest BCUT2D eigenvalue weighted by Crippen LogP contribution is -2.14. The summed E-state index contributed by atoms with van der Waals surface area (Å²) in [5.74, 6) is 0.968. The topological polar surface area (TPSA) is 67.8 Å². The van der Waals surface area contributed by atoms with Crippen LogP contribution >= 0.6 is 34.8 Å². The number of amidine groups is 1. The number of aryl methyl sites for hydroxylation is 1. The van der Waals surface area contributed by atoms with Gasteiger partial charge < -0.3 is 15.7 Å². The highest BCUT2D eigenvalue weighted by Gasteiger charge is 2.10. The van der Waals surface area contributed by atoms with E-state index < -0.39 is 0 Å². The number of halogens is 3. The van der Waals surface area contributed by atoms with Crippen molar-refractivity contribution in [2.24, 2.45) is 10.9 Å². The van der Waals surface area contributed by atoms with E-state index >= 15 is 0 Å². The predicted molar refractivity (Wildman–Crippen MR) is 85.2 cm³/mol. The molecule has 7 heteroatoms. The maximum absolute atomic E-state index is 8.70. The first kappa shape index (κ1) is 15.8. The van der Waals surface area contributed by atoms with Crippen LogP contribution in [-0.2, 0) is 0 Å². The number of hydrogen-bond acceptors (Lipinski definition) is 3. The van der Waals surface area contributed by atoms with Crippen LogP contribution in [0.5, 0.6) is 11.5 Å². The Bertz CT molecular complexity index is 718. The lowest BCUT2D eigenvalue weighted by atomic mass is 10.1. The fraction of sp³-hybridized carbons (Fsp3) is 0.0714. The third kappa shape index (κ3) is 3.53. The molecule has 2 aromatic carbocycles. The lowest BCUT2D eigenvalue weighted by Gasteiger charge is -2.11. The average molecular weight is 346 g/mol. The number of nitrogens with zero attached hydrogens (tertiary/aromatic N) is 1. The van der Waals surface area contributed by atoms with E-state index in [-0.39, 0.29) is 5.84 Å². The van der Waals surface area contributed by atoms with Gasteiger partial charge in [0.15, 0.2) is 5.84 Å². The molecule has 4 nitrogen and oxygen atoms in total. The van der Waals surface area contributed by atoms with Gasteiger partial charge >= 0.3 is 0 Å². The molecule has 0 radical (unpaired) electrons. The zero-order valence-corrected chi connectivity index (χ0v) is 13.2. The van der Waals surface area contributed by atoms with Crippen LogP contribution in [0.25, 0.3) is 0 Å². The summed E-state index contributed by atoms with van der Waals surface area (Å²) in [6, 6.07) is 8.16. The quantitative estimate of drug-likeness (QED) is 0.275. The summed E-state index contributed by atoms with van der Waals surface area (Å²) >= 11 is 17.9. The minimum atomic E-state index is 0.0339. The maximum Gasteiger partial charge on any atom is 0.170 e. The first-order valence-electron chi connectivity index (χ1n) is 5.83. The fourth-order valence-electron chi connectivity index (χ4n) is 1.75. The Hall–Kier alpha value is -1.62. The van der Waals surface area contributed by atoms with Crippen LogP contribution in [0.1, 0.15) is 11.1 Å². The molecule has 0 heterocycles. The Labute approximate surface area is 136 Å². The van der Waals surface area contributed by atoms with Crippen molar-refractivity contribution in [3.8, 4) is 11.5 Å². The van der Waals surface area contributed by atoms with Crippen molar-refractivity contribution >= 4 is 40.6 Å². The second kappa shape index (κ2) is 6.43. The normalized spacial score (nSPS) is 11.5. The number of nitrogens with two attached hydrogens (primary N) is 1. The van der Waals surface area contributed by atoms with Crippen molar-refractivity contribution in [1.82, 2.24) is 0 Å². The van der Waals surface area contributed by atoms with E-state index in [0.717, 1.165) is 5.56 Å². The number of rotatable bonds is 3. The monoisotopic (exact) mass is 344 g/mol. The summed E-state index contributed by atoms with van der Waals surface area (Å²) in [7, 11) is 0. The molecular formula is C14H11Cl3N2O2. The van der Waals surface area contributed by atoms with Gasteiger partial charge in [0.05, 0.1) is 15.1 Å². The highest BCUT2D eigenvalue weighted by molar-refractivity contribution is 6.43. The summed E-state index contributed by atoms with van der Waals surface area (Å²) in [6.07, 6.45) is 0. The molecule has 0 spiro atoms. The highest BCUT2D eigenvalue weighted by Crippen LogP contribution is 2.36. The largest absolute Gasteiger partial charge is 0.456 e. The minimum absolute atomic E-state index is 0.0339. The Balaban J connectivity index is 2.33. The molecule has 0 saturated carbocycles. The molecule has 21 heavy (non-hydrogen) atoms. The number of hydrogen-bond donors (Lipinski definition) is 2. The van der Waals surface area contributed by atoms with Crippen LogP contribution in [0.4, 0.5) is 0 Å². The van der Waals surface area contributed by atoms with Crippen molar-refractivity contribution < 1.29 is 9.94 Å². The molecule has 0 saturated heterocycles. The summed E-state index contributed by atoms with van der Waals surface area (Å²) in [5, 5.41) is 12.7. The summed E-state index contributed by atoms with van der Waals surface area (Å²) in [4.78, 5) is 0. The molecule has 0 aliphatic carbocycles. The molecule has 0 bridgehead atoms. The predicted octanol–water partition coefficient (Wildman–Crippen LogP) is 4.84. The van der Waals surface area contributed by atoms with E-state index in [0.29, 0.717) is 32.1 Å². The average Bonchev–Trinajstić information content (AvgIpc) is 2.44. The lowest BCUT2D eigenvalue weighted by molar-refractivity contribution is 0.318. The Morgan fingerprint density at radius 1 is 1.10 bits per heavy atom. The van der Waals surface area contributed by atoms with Gasteiger partial charge in [0, 0.05) is 11.6 Å². The summed E-state index contributed by atoms with van der Waals surface area (Å²) in [5.41, 5.74) is 6.97. The van der Waals surface area contributed by atoms with Crippen molar-refractivity contribution in [3.05, 3.63) is 56.5 Å². The van der Waals surface area contributed by atoms with Crippen LogP contribution < -0.4 is 10.5 Å². The second-order valence-electron chi connectivity index (χ2n) is 4.26. The first-order chi connectivity index (χ1) is 9.92. The van der Waals surface area contributed by atoms with Crippen LogP contribution in [0.3, 0.4) is 0 Å². The molecule has 0 amide bonds. The van der Waals surface area contributed by atoms with Crippen LogP contribution in [0.15, 0.2) is 35.5 Å². The molecule has 0 atom stereocenters. The third-order valence-electron chi connectivity index (χ3n) is 2.78. The van der Waals surface area contributed by atoms with Crippen LogP contribution in [0.2, 0.25) is 15.1 Å². The molecular weight excluding hydrogens is 335 g/mol. The van der Waals surface area contributed by atoms with Crippen molar-refractivity contribution in [3.63, 3.8) is 0 Å². The van der Waals surface area contributed by atoms with E-state index in [1.807, 2.05) is 6.92 Å². The molecule has 3 N–H and O–H groups in total. The van der Waals surface area contributed by atoms with Crippen LogP contribution in [0, 0.1) is 6.92 Å². The summed E-state index contributed by atoms with van der Waals surface area (Å²) < 4.78 is 5.68. The molecule has 2 aromatic rings. The van der Waals surface area contributed by atoms with Gasteiger partial charge in [-0.2, -0.15) is 0 Å². The molecule has 0 fully saturated rings. The second-order valence-corrected chi connectivity index (χ2v) is 5.48. The Morgan fingerprint density at radius 3 is 2.38 bits per heavy atom. The third-order valence-corrected chi connectivity index (χ3v) is 3.80. The van der Waals surface area contributed by atoms with E-state index in [9.17, 15) is 0 Å². The van der Waals surface area contributed by atoms with Crippen molar-refractivity contribution in [2.75, 3.05) is 0 Å². The maximum atomic E-state index is 8.70. The highest BCUT2D eigenvalue weighted by atomic mass is 35.5. The van der Waals surface area contributed by atoms with Gasteiger partial charge in [-0.3, -0.25) is 0 Å². The van der Waals surface area contributed by atoms with Gasteiger partial charge in [0.25, 0.3) is 0 Å². The van der Waals surface area contributed by atoms with E-state index in [4.69, 9.17) is 50.5 Å². The molecule has 0 aliphatic rings.